The lowest BCUT2D eigenvalue weighted by atomic mass is 9.67. The number of carbonyl (C=O) groups is 1. The molecule has 2 fully saturated rings. The van der Waals surface area contributed by atoms with Gasteiger partial charge < -0.3 is 10.1 Å². The van der Waals surface area contributed by atoms with Crippen LogP contribution in [0.25, 0.3) is 0 Å². The summed E-state index contributed by atoms with van der Waals surface area (Å²) in [5, 5.41) is 3.30. The fourth-order valence-electron chi connectivity index (χ4n) is 4.06. The Morgan fingerprint density at radius 3 is 1.91 bits per heavy atom. The topological polar surface area (TPSA) is 48.2 Å². The molecular weight excluding hydrogens is 274 g/mol. The van der Waals surface area contributed by atoms with E-state index in [1.165, 1.54) is 25.7 Å². The fourth-order valence-corrected chi connectivity index (χ4v) is 4.06. The van der Waals surface area contributed by atoms with Gasteiger partial charge >= 0.3 is 5.97 Å². The lowest BCUT2D eigenvalue weighted by Crippen LogP contribution is -2.42. The number of rotatable bonds is 4. The third-order valence-electron chi connectivity index (χ3n) is 6.09. The van der Waals surface area contributed by atoms with Crippen molar-refractivity contribution < 1.29 is 9.53 Å². The van der Waals surface area contributed by atoms with Crippen LogP contribution in [0.4, 0.5) is 0 Å². The lowest BCUT2D eigenvalue weighted by molar-refractivity contribution is -0.168. The zero-order valence-corrected chi connectivity index (χ0v) is 15.5. The smallest absolute Gasteiger partial charge is 0.310 e. The van der Waals surface area contributed by atoms with Crippen molar-refractivity contribution in [2.45, 2.75) is 91.8 Å². The highest BCUT2D eigenvalue weighted by atomic mass is 16.6. The third kappa shape index (κ3) is 4.04. The van der Waals surface area contributed by atoms with E-state index in [0.29, 0.717) is 23.4 Å². The minimum absolute atomic E-state index is 0.0372. The van der Waals surface area contributed by atoms with Crippen molar-refractivity contribution >= 4 is 5.97 Å². The average molecular weight is 309 g/mol. The number of nitrogens with one attached hydrogen (secondary N) is 1. The van der Waals surface area contributed by atoms with Gasteiger partial charge in [-0.05, 0) is 63.7 Å². The molecule has 2 aliphatic rings. The Kier molecular flexibility index (Phi) is 4.97. The van der Waals surface area contributed by atoms with Crippen molar-refractivity contribution in [2.75, 3.05) is 0 Å². The fraction of sp³-hybridized carbons (Fsp3) is 0.947. The zero-order chi connectivity index (χ0) is 16.7. The largest absolute Gasteiger partial charge is 0.459 e. The molecule has 0 aromatic heterocycles. The molecule has 0 bridgehead atoms. The summed E-state index contributed by atoms with van der Waals surface area (Å²) >= 11 is 0. The van der Waals surface area contributed by atoms with Crippen LogP contribution in [0.3, 0.4) is 0 Å². The molecule has 3 atom stereocenters. The van der Waals surface area contributed by atoms with Crippen molar-refractivity contribution in [1.29, 1.82) is 0 Å². The van der Waals surface area contributed by atoms with Crippen molar-refractivity contribution in [2.24, 2.45) is 23.2 Å². The highest BCUT2D eigenvalue weighted by molar-refractivity contribution is 5.74. The van der Waals surface area contributed by atoms with E-state index in [9.17, 15) is 4.79 Å². The highest BCUT2D eigenvalue weighted by Crippen LogP contribution is 2.44. The normalized spacial score (nSPS) is 34.1. The molecule has 1 saturated carbocycles. The molecule has 0 aromatic rings. The lowest BCUT2D eigenvalue weighted by Gasteiger charge is -2.42. The van der Waals surface area contributed by atoms with Crippen molar-refractivity contribution in [3.05, 3.63) is 0 Å². The number of carbonyl (C=O) groups excluding carboxylic acids is 1. The van der Waals surface area contributed by atoms with Crippen LogP contribution in [0.2, 0.25) is 0 Å². The zero-order valence-electron chi connectivity index (χ0n) is 15.5. The van der Waals surface area contributed by atoms with Gasteiger partial charge in [-0.3, -0.25) is 4.79 Å². The standard InChI is InChI=1S/C19H35NO2/c1-12(16-13(2)20-16)17(21)22-19(6,7)15-10-8-14(9-11-15)18(3,4)5/h12-16,20H,8-11H2,1-7H3/t12?,13-,14?,15?,16?/m0/s1. The summed E-state index contributed by atoms with van der Waals surface area (Å²) in [6.07, 6.45) is 4.86. The maximum absolute atomic E-state index is 12.4. The van der Waals surface area contributed by atoms with Crippen LogP contribution in [-0.4, -0.2) is 23.7 Å². The SMILES string of the molecule is CC(C(=O)OC(C)(C)C1CCC(C(C)(C)C)CC1)C1N[C@H]1C. The molecule has 22 heavy (non-hydrogen) atoms. The number of ether oxygens (including phenoxy) is 1. The van der Waals surface area contributed by atoms with Gasteiger partial charge in [0.15, 0.2) is 0 Å². The molecule has 3 heteroatoms. The summed E-state index contributed by atoms with van der Waals surface area (Å²) in [7, 11) is 0. The second-order valence-corrected chi connectivity index (χ2v) is 9.21. The van der Waals surface area contributed by atoms with E-state index in [0.717, 1.165) is 5.92 Å². The molecule has 0 amide bonds. The van der Waals surface area contributed by atoms with Crippen molar-refractivity contribution in [1.82, 2.24) is 5.32 Å². The molecule has 2 unspecified atom stereocenters. The summed E-state index contributed by atoms with van der Waals surface area (Å²) in [4.78, 5) is 12.4. The van der Waals surface area contributed by atoms with Gasteiger partial charge in [0, 0.05) is 12.1 Å². The van der Waals surface area contributed by atoms with Gasteiger partial charge in [0.1, 0.15) is 5.60 Å². The summed E-state index contributed by atoms with van der Waals surface area (Å²) in [6, 6.07) is 0.757. The summed E-state index contributed by atoms with van der Waals surface area (Å²) in [5.74, 6) is 1.21. The van der Waals surface area contributed by atoms with Crippen LogP contribution in [0, 0.1) is 23.2 Å². The molecule has 0 radical (unpaired) electrons. The van der Waals surface area contributed by atoms with Gasteiger partial charge in [0.05, 0.1) is 5.92 Å². The minimum atomic E-state index is -0.341. The maximum atomic E-state index is 12.4. The van der Waals surface area contributed by atoms with E-state index >= 15 is 0 Å². The van der Waals surface area contributed by atoms with Crippen LogP contribution in [-0.2, 0) is 9.53 Å². The Labute approximate surface area is 136 Å². The molecule has 1 aliphatic heterocycles. The maximum Gasteiger partial charge on any atom is 0.310 e. The molecule has 1 saturated heterocycles. The second kappa shape index (κ2) is 6.14. The van der Waals surface area contributed by atoms with Gasteiger partial charge in [0.25, 0.3) is 0 Å². The second-order valence-electron chi connectivity index (χ2n) is 9.21. The molecule has 0 spiro atoms. The Bertz CT molecular complexity index is 402. The molecular formula is C19H35NO2. The first kappa shape index (κ1) is 17.8. The number of hydrogen-bond acceptors (Lipinski definition) is 3. The van der Waals surface area contributed by atoms with E-state index in [2.05, 4.69) is 46.9 Å². The van der Waals surface area contributed by atoms with Crippen LogP contribution < -0.4 is 5.32 Å². The average Bonchev–Trinajstić information content (AvgIpc) is 3.13. The van der Waals surface area contributed by atoms with Crippen LogP contribution in [0.15, 0.2) is 0 Å². The molecule has 3 nitrogen and oxygen atoms in total. The molecule has 128 valence electrons. The monoisotopic (exact) mass is 309 g/mol. The summed E-state index contributed by atoms with van der Waals surface area (Å²) < 4.78 is 5.93. The predicted molar refractivity (Wildman–Crippen MR) is 90.6 cm³/mol. The predicted octanol–water partition coefficient (Wildman–Crippen LogP) is 4.16. The van der Waals surface area contributed by atoms with Crippen LogP contribution >= 0.6 is 0 Å². The van der Waals surface area contributed by atoms with Crippen molar-refractivity contribution in [3.8, 4) is 0 Å². The first-order valence-corrected chi connectivity index (χ1v) is 9.01. The molecule has 1 heterocycles. The van der Waals surface area contributed by atoms with E-state index in [-0.39, 0.29) is 17.5 Å². The number of esters is 1. The first-order valence-electron chi connectivity index (χ1n) is 9.01. The first-order chi connectivity index (χ1) is 10.0. The van der Waals surface area contributed by atoms with Crippen LogP contribution in [0.1, 0.15) is 74.1 Å². The molecule has 1 N–H and O–H groups in total. The molecule has 0 aromatic carbocycles. The Balaban J connectivity index is 1.87. The molecule has 1 aliphatic carbocycles. The van der Waals surface area contributed by atoms with E-state index in [1.54, 1.807) is 0 Å². The quantitative estimate of drug-likeness (QED) is 0.626. The minimum Gasteiger partial charge on any atom is -0.459 e. The van der Waals surface area contributed by atoms with E-state index in [4.69, 9.17) is 4.74 Å². The Morgan fingerprint density at radius 1 is 1.05 bits per heavy atom. The third-order valence-corrected chi connectivity index (χ3v) is 6.09. The van der Waals surface area contributed by atoms with E-state index < -0.39 is 0 Å². The summed E-state index contributed by atoms with van der Waals surface area (Å²) in [6.45, 7) is 15.3. The Morgan fingerprint density at radius 2 is 1.50 bits per heavy atom. The van der Waals surface area contributed by atoms with Gasteiger partial charge in [-0.2, -0.15) is 0 Å². The Hall–Kier alpha value is -0.570. The van der Waals surface area contributed by atoms with Crippen molar-refractivity contribution in [3.63, 3.8) is 0 Å². The van der Waals surface area contributed by atoms with Gasteiger partial charge in [-0.1, -0.05) is 27.7 Å². The summed E-state index contributed by atoms with van der Waals surface area (Å²) in [5.41, 5.74) is 0.0560. The van der Waals surface area contributed by atoms with E-state index in [1.807, 2.05) is 6.92 Å². The highest BCUT2D eigenvalue weighted by Gasteiger charge is 2.44. The number of hydrogen-bond donors (Lipinski definition) is 1. The van der Waals surface area contributed by atoms with Gasteiger partial charge in [0.2, 0.25) is 0 Å². The molecule has 2 rings (SSSR count). The van der Waals surface area contributed by atoms with Gasteiger partial charge in [-0.25, -0.2) is 0 Å². The van der Waals surface area contributed by atoms with Crippen LogP contribution in [0.5, 0.6) is 0 Å². The van der Waals surface area contributed by atoms with Gasteiger partial charge in [-0.15, -0.1) is 0 Å².